The van der Waals surface area contributed by atoms with Gasteiger partial charge in [-0.1, -0.05) is 24.3 Å². The second-order valence-corrected chi connectivity index (χ2v) is 5.93. The second kappa shape index (κ2) is 8.89. The van der Waals surface area contributed by atoms with Crippen LogP contribution in [0.3, 0.4) is 0 Å². The van der Waals surface area contributed by atoms with Crippen LogP contribution in [-0.4, -0.2) is 24.2 Å². The summed E-state index contributed by atoms with van der Waals surface area (Å²) in [4.78, 5) is 8.98. The van der Waals surface area contributed by atoms with Gasteiger partial charge in [-0.05, 0) is 34.5 Å². The van der Waals surface area contributed by atoms with Crippen molar-refractivity contribution < 1.29 is 9.47 Å². The molecule has 0 aliphatic carbocycles. The molecule has 0 aliphatic rings. The lowest BCUT2D eigenvalue weighted by molar-refractivity contribution is 0.356. The van der Waals surface area contributed by atoms with Gasteiger partial charge in [-0.2, -0.15) is 0 Å². The van der Waals surface area contributed by atoms with E-state index in [2.05, 4.69) is 28.2 Å². The van der Waals surface area contributed by atoms with Crippen LogP contribution in [0, 0.1) is 0 Å². The molecule has 0 saturated heterocycles. The van der Waals surface area contributed by atoms with Crippen molar-refractivity contribution in [1.82, 2.24) is 9.97 Å². The first-order chi connectivity index (χ1) is 12.3. The molecule has 0 radical (unpaired) electrons. The number of aromatic nitrogens is 2. The van der Waals surface area contributed by atoms with Gasteiger partial charge in [0, 0.05) is 41.5 Å². The highest BCUT2D eigenvalue weighted by molar-refractivity contribution is 5.88. The van der Waals surface area contributed by atoms with Gasteiger partial charge in [0.05, 0.1) is 14.2 Å². The number of ether oxygens (including phenoxy) is 2. The molecule has 4 rings (SSSR count). The van der Waals surface area contributed by atoms with Gasteiger partial charge in [-0.15, -0.1) is 24.8 Å². The number of benzene rings is 2. The van der Waals surface area contributed by atoms with Gasteiger partial charge < -0.3 is 9.47 Å². The van der Waals surface area contributed by atoms with E-state index in [1.165, 1.54) is 5.39 Å². The Labute approximate surface area is 170 Å². The molecule has 4 nitrogen and oxygen atoms in total. The summed E-state index contributed by atoms with van der Waals surface area (Å²) in [5.41, 5.74) is 2.13. The number of pyridine rings is 2. The summed E-state index contributed by atoms with van der Waals surface area (Å²) >= 11 is 0. The van der Waals surface area contributed by atoms with Crippen LogP contribution in [0.4, 0.5) is 0 Å². The molecule has 0 fully saturated rings. The summed E-state index contributed by atoms with van der Waals surface area (Å²) in [6.45, 7) is 0. The molecule has 6 heteroatoms. The minimum Gasteiger partial charge on any atom is -0.493 e. The summed E-state index contributed by atoms with van der Waals surface area (Å²) in [6, 6.07) is 14.3. The molecule has 27 heavy (non-hydrogen) atoms. The van der Waals surface area contributed by atoms with E-state index in [0.717, 1.165) is 27.4 Å². The van der Waals surface area contributed by atoms with Gasteiger partial charge in [0.15, 0.2) is 11.5 Å². The Morgan fingerprint density at radius 2 is 1.48 bits per heavy atom. The molecule has 0 bridgehead atoms. The minimum atomic E-state index is 0. The zero-order valence-electron chi connectivity index (χ0n) is 15.0. The second-order valence-electron chi connectivity index (χ2n) is 5.93. The quantitative estimate of drug-likeness (QED) is 0.468. The average molecular weight is 403 g/mol. The Balaban J connectivity index is 0.00000131. The number of fused-ring (bicyclic) bond motifs is 2. The van der Waals surface area contributed by atoms with Crippen LogP contribution < -0.4 is 9.47 Å². The van der Waals surface area contributed by atoms with Crippen LogP contribution in [0.2, 0.25) is 0 Å². The number of hydrogen-bond acceptors (Lipinski definition) is 4. The summed E-state index contributed by atoms with van der Waals surface area (Å²) in [7, 11) is 3.29. The average Bonchev–Trinajstić information content (AvgIpc) is 2.67. The van der Waals surface area contributed by atoms with Gasteiger partial charge in [0.1, 0.15) is 0 Å². The van der Waals surface area contributed by atoms with E-state index in [-0.39, 0.29) is 24.8 Å². The van der Waals surface area contributed by atoms with E-state index in [1.54, 1.807) is 14.2 Å². The molecular formula is C21H20Cl2N2O2. The van der Waals surface area contributed by atoms with Crippen molar-refractivity contribution in [1.29, 1.82) is 0 Å². The summed E-state index contributed by atoms with van der Waals surface area (Å²) < 4.78 is 10.8. The SMILES string of the molecule is COc1cc2cncc(Cc3cc4ccccc4cn3)c2cc1OC.Cl.Cl. The van der Waals surface area contributed by atoms with Crippen molar-refractivity contribution in [3.63, 3.8) is 0 Å². The fourth-order valence-electron chi connectivity index (χ4n) is 3.12. The molecule has 2 heterocycles. The van der Waals surface area contributed by atoms with Crippen LogP contribution in [0.15, 0.2) is 61.1 Å². The maximum Gasteiger partial charge on any atom is 0.161 e. The fourth-order valence-corrected chi connectivity index (χ4v) is 3.12. The maximum absolute atomic E-state index is 5.45. The van der Waals surface area contributed by atoms with Gasteiger partial charge in [-0.3, -0.25) is 9.97 Å². The highest BCUT2D eigenvalue weighted by Crippen LogP contribution is 2.33. The zero-order valence-corrected chi connectivity index (χ0v) is 16.6. The topological polar surface area (TPSA) is 44.2 Å². The van der Waals surface area contributed by atoms with Gasteiger partial charge in [0.2, 0.25) is 0 Å². The van der Waals surface area contributed by atoms with E-state index in [4.69, 9.17) is 9.47 Å². The van der Waals surface area contributed by atoms with Gasteiger partial charge in [-0.25, -0.2) is 0 Å². The summed E-state index contributed by atoms with van der Waals surface area (Å²) in [5, 5.41) is 4.46. The number of rotatable bonds is 4. The van der Waals surface area contributed by atoms with Gasteiger partial charge in [0.25, 0.3) is 0 Å². The lowest BCUT2D eigenvalue weighted by Gasteiger charge is -2.12. The predicted octanol–water partition coefficient (Wildman–Crippen LogP) is 5.23. The van der Waals surface area contributed by atoms with Crippen molar-refractivity contribution >= 4 is 46.4 Å². The first-order valence-corrected chi connectivity index (χ1v) is 8.11. The van der Waals surface area contributed by atoms with Crippen LogP contribution in [0.1, 0.15) is 11.3 Å². The third-order valence-electron chi connectivity index (χ3n) is 4.40. The Kier molecular flexibility index (Phi) is 6.83. The van der Waals surface area contributed by atoms with E-state index in [0.29, 0.717) is 17.9 Å². The van der Waals surface area contributed by atoms with E-state index in [1.807, 2.05) is 42.9 Å². The van der Waals surface area contributed by atoms with Crippen molar-refractivity contribution in [3.8, 4) is 11.5 Å². The Bertz CT molecular complexity index is 1070. The lowest BCUT2D eigenvalue weighted by atomic mass is 10.0. The van der Waals surface area contributed by atoms with Crippen molar-refractivity contribution in [2.75, 3.05) is 14.2 Å². The molecule has 0 amide bonds. The Morgan fingerprint density at radius 1 is 0.778 bits per heavy atom. The minimum absolute atomic E-state index is 0. The van der Waals surface area contributed by atoms with Crippen LogP contribution in [0.25, 0.3) is 21.5 Å². The highest BCUT2D eigenvalue weighted by Gasteiger charge is 2.10. The highest BCUT2D eigenvalue weighted by atomic mass is 35.5. The lowest BCUT2D eigenvalue weighted by Crippen LogP contribution is -1.96. The number of hydrogen-bond donors (Lipinski definition) is 0. The molecular weight excluding hydrogens is 383 g/mol. The van der Waals surface area contributed by atoms with E-state index in [9.17, 15) is 0 Å². The summed E-state index contributed by atoms with van der Waals surface area (Å²) in [6.07, 6.45) is 6.37. The third-order valence-corrected chi connectivity index (χ3v) is 4.40. The van der Waals surface area contributed by atoms with Crippen molar-refractivity contribution in [2.45, 2.75) is 6.42 Å². The predicted molar refractivity (Wildman–Crippen MR) is 114 cm³/mol. The monoisotopic (exact) mass is 402 g/mol. The van der Waals surface area contributed by atoms with Crippen LogP contribution >= 0.6 is 24.8 Å². The fraction of sp³-hybridized carbons (Fsp3) is 0.143. The van der Waals surface area contributed by atoms with E-state index < -0.39 is 0 Å². The first-order valence-electron chi connectivity index (χ1n) is 8.11. The van der Waals surface area contributed by atoms with Crippen LogP contribution in [-0.2, 0) is 6.42 Å². The number of nitrogens with zero attached hydrogens (tertiary/aromatic N) is 2. The standard InChI is InChI=1S/C21H18N2O2.2ClH/c1-24-20-9-17-12-22-11-16(19(17)10-21(20)25-2)8-18-7-14-5-3-4-6-15(14)13-23-18;;/h3-7,9-13H,8H2,1-2H3;2*1H. The molecule has 4 aromatic rings. The molecule has 0 atom stereocenters. The Hall–Kier alpha value is -2.56. The molecule has 0 aliphatic heterocycles. The number of halogens is 2. The smallest absolute Gasteiger partial charge is 0.161 e. The molecule has 2 aromatic carbocycles. The normalized spacial score (nSPS) is 10.1. The van der Waals surface area contributed by atoms with Gasteiger partial charge >= 0.3 is 0 Å². The third kappa shape index (κ3) is 4.07. The number of methoxy groups -OCH3 is 2. The molecule has 0 N–H and O–H groups in total. The Morgan fingerprint density at radius 3 is 2.22 bits per heavy atom. The zero-order chi connectivity index (χ0) is 17.2. The molecule has 140 valence electrons. The van der Waals surface area contributed by atoms with Crippen molar-refractivity contribution in [2.24, 2.45) is 0 Å². The largest absolute Gasteiger partial charge is 0.493 e. The molecule has 0 spiro atoms. The van der Waals surface area contributed by atoms with E-state index >= 15 is 0 Å². The van der Waals surface area contributed by atoms with Crippen molar-refractivity contribution in [3.05, 3.63) is 72.3 Å². The van der Waals surface area contributed by atoms with Crippen LogP contribution in [0.5, 0.6) is 11.5 Å². The molecule has 0 saturated carbocycles. The maximum atomic E-state index is 5.45. The molecule has 2 aromatic heterocycles. The molecule has 0 unspecified atom stereocenters. The first kappa shape index (κ1) is 20.7. The summed E-state index contributed by atoms with van der Waals surface area (Å²) in [5.74, 6) is 1.42.